The molecule has 3 rings (SSSR count). The third-order valence-corrected chi connectivity index (χ3v) is 6.12. The average Bonchev–Trinajstić information content (AvgIpc) is 2.75. The van der Waals surface area contributed by atoms with E-state index in [1.165, 1.54) is 23.3 Å². The molecule has 1 atom stereocenters. The molecular weight excluding hydrogens is 432 g/mol. The Balaban J connectivity index is 2.07. The van der Waals surface area contributed by atoms with Crippen molar-refractivity contribution in [3.8, 4) is 23.0 Å². The molecule has 2 aromatic carbocycles. The van der Waals surface area contributed by atoms with Gasteiger partial charge in [0.25, 0.3) is 0 Å². The predicted molar refractivity (Wildman–Crippen MR) is 136 cm³/mol. The Kier molecular flexibility index (Phi) is 7.40. The van der Waals surface area contributed by atoms with Gasteiger partial charge < -0.3 is 24.8 Å². The Morgan fingerprint density at radius 2 is 1.71 bits per heavy atom. The lowest BCUT2D eigenvalue weighted by molar-refractivity contribution is 0.400. The molecule has 0 aliphatic heterocycles. The van der Waals surface area contributed by atoms with Crippen LogP contribution in [0.1, 0.15) is 52.5 Å². The van der Waals surface area contributed by atoms with E-state index in [-0.39, 0.29) is 33.6 Å². The summed E-state index contributed by atoms with van der Waals surface area (Å²) in [7, 11) is 0. The lowest BCUT2D eigenvalue weighted by atomic mass is 9.88. The second-order valence-corrected chi connectivity index (χ2v) is 9.19. The fourth-order valence-corrected chi connectivity index (χ4v) is 4.02. The molecule has 1 heterocycles. The van der Waals surface area contributed by atoms with E-state index in [0.717, 1.165) is 24.5 Å². The van der Waals surface area contributed by atoms with Gasteiger partial charge in [0.1, 0.15) is 22.5 Å². The van der Waals surface area contributed by atoms with Gasteiger partial charge >= 0.3 is 0 Å². The smallest absolute Gasteiger partial charge is 0.204 e. The van der Waals surface area contributed by atoms with Gasteiger partial charge in [-0.05, 0) is 71.4 Å². The Hall–Kier alpha value is -3.67. The summed E-state index contributed by atoms with van der Waals surface area (Å²) in [6, 6.07) is 3.64. The zero-order valence-corrected chi connectivity index (χ0v) is 20.1. The van der Waals surface area contributed by atoms with E-state index < -0.39 is 22.7 Å². The summed E-state index contributed by atoms with van der Waals surface area (Å²) in [6.45, 7) is 12.2. The predicted octanol–water partition coefficient (Wildman–Crippen LogP) is 6.59. The quantitative estimate of drug-likeness (QED) is 0.170. The number of phenolic OH excluding ortho intramolecular Hbond substituents is 4. The molecule has 0 radical (unpaired) electrons. The molecule has 0 saturated heterocycles. The van der Waals surface area contributed by atoms with Gasteiger partial charge in [-0.25, -0.2) is 0 Å². The molecule has 6 heteroatoms. The monoisotopic (exact) mass is 464 g/mol. The van der Waals surface area contributed by atoms with Crippen molar-refractivity contribution in [1.29, 1.82) is 0 Å². The topological polar surface area (TPSA) is 111 Å². The minimum Gasteiger partial charge on any atom is -0.507 e. The number of phenols is 4. The van der Waals surface area contributed by atoms with Gasteiger partial charge in [0.05, 0.1) is 5.39 Å². The molecule has 3 aromatic rings. The SMILES string of the molecule is C=C(C)C(CC=C(C)CCC=C(C)C)Cc1c(O)cc(O)c2c(=O)c3ccc(O)c(O)c3oc12. The Morgan fingerprint density at radius 3 is 2.35 bits per heavy atom. The van der Waals surface area contributed by atoms with Gasteiger partial charge in [-0.2, -0.15) is 0 Å². The molecular formula is C28H32O6. The van der Waals surface area contributed by atoms with Crippen LogP contribution in [0.3, 0.4) is 0 Å². The molecule has 1 unspecified atom stereocenters. The van der Waals surface area contributed by atoms with E-state index in [4.69, 9.17) is 4.42 Å². The van der Waals surface area contributed by atoms with Gasteiger partial charge in [0.2, 0.25) is 11.2 Å². The van der Waals surface area contributed by atoms with Gasteiger partial charge in [-0.3, -0.25) is 4.79 Å². The van der Waals surface area contributed by atoms with Gasteiger partial charge in [0.15, 0.2) is 11.3 Å². The highest BCUT2D eigenvalue weighted by Crippen LogP contribution is 2.40. The van der Waals surface area contributed by atoms with Crippen molar-refractivity contribution in [3.63, 3.8) is 0 Å². The second-order valence-electron chi connectivity index (χ2n) is 9.19. The Bertz CT molecular complexity index is 1370. The molecule has 34 heavy (non-hydrogen) atoms. The highest BCUT2D eigenvalue weighted by atomic mass is 16.4. The Labute approximate surface area is 198 Å². The first-order valence-corrected chi connectivity index (χ1v) is 11.3. The van der Waals surface area contributed by atoms with Crippen LogP contribution in [0, 0.1) is 5.92 Å². The fourth-order valence-electron chi connectivity index (χ4n) is 4.02. The standard InChI is InChI=1S/C28H32O6/c1-15(2)7-6-8-17(5)9-10-18(16(3)4)13-20-22(30)14-23(31)24-25(32)19-11-12-21(29)26(33)28(19)34-27(20)24/h7,9,11-12,14,18,29-31,33H,3,6,8,10,13H2,1-2,4-5H3. The number of hydrogen-bond donors (Lipinski definition) is 4. The molecule has 0 saturated carbocycles. The van der Waals surface area contributed by atoms with Gasteiger partial charge in [-0.1, -0.05) is 35.5 Å². The summed E-state index contributed by atoms with van der Waals surface area (Å²) in [6.07, 6.45) is 7.28. The summed E-state index contributed by atoms with van der Waals surface area (Å²) < 4.78 is 5.83. The molecule has 0 aliphatic rings. The third kappa shape index (κ3) is 5.11. The van der Waals surface area contributed by atoms with Crippen LogP contribution in [0.25, 0.3) is 21.9 Å². The summed E-state index contributed by atoms with van der Waals surface area (Å²) >= 11 is 0. The van der Waals surface area contributed by atoms with Crippen LogP contribution in [0.15, 0.2) is 62.9 Å². The van der Waals surface area contributed by atoms with E-state index in [1.54, 1.807) is 0 Å². The maximum Gasteiger partial charge on any atom is 0.204 e. The maximum absolute atomic E-state index is 13.1. The zero-order valence-electron chi connectivity index (χ0n) is 20.1. The van der Waals surface area contributed by atoms with E-state index in [2.05, 4.69) is 39.5 Å². The largest absolute Gasteiger partial charge is 0.507 e. The van der Waals surface area contributed by atoms with Crippen LogP contribution in [-0.4, -0.2) is 20.4 Å². The number of fused-ring (bicyclic) bond motifs is 2. The Morgan fingerprint density at radius 1 is 1.00 bits per heavy atom. The fraction of sp³-hybridized carbons (Fsp3) is 0.321. The first-order valence-electron chi connectivity index (χ1n) is 11.3. The molecule has 0 bridgehead atoms. The van der Waals surface area contributed by atoms with Crippen LogP contribution < -0.4 is 5.43 Å². The van der Waals surface area contributed by atoms with Crippen LogP contribution in [0.4, 0.5) is 0 Å². The van der Waals surface area contributed by atoms with Crippen molar-refractivity contribution in [3.05, 3.63) is 69.4 Å². The maximum atomic E-state index is 13.1. The third-order valence-electron chi connectivity index (χ3n) is 6.12. The van der Waals surface area contributed by atoms with Crippen molar-refractivity contribution in [2.75, 3.05) is 0 Å². The van der Waals surface area contributed by atoms with Crippen molar-refractivity contribution in [2.24, 2.45) is 5.92 Å². The molecule has 0 aliphatic carbocycles. The number of aromatic hydroxyl groups is 4. The lowest BCUT2D eigenvalue weighted by Crippen LogP contribution is -2.09. The van der Waals surface area contributed by atoms with Crippen LogP contribution in [0.2, 0.25) is 0 Å². The normalized spacial score (nSPS) is 12.8. The van der Waals surface area contributed by atoms with Crippen molar-refractivity contribution >= 4 is 21.9 Å². The summed E-state index contributed by atoms with van der Waals surface area (Å²) in [5.41, 5.74) is 2.98. The molecule has 4 N–H and O–H groups in total. The molecule has 180 valence electrons. The summed E-state index contributed by atoms with van der Waals surface area (Å²) in [4.78, 5) is 13.1. The number of benzene rings is 2. The zero-order chi connectivity index (χ0) is 25.2. The molecule has 0 fully saturated rings. The van der Waals surface area contributed by atoms with Crippen molar-refractivity contribution < 1.29 is 24.8 Å². The second kappa shape index (κ2) is 10.1. The van der Waals surface area contributed by atoms with Crippen molar-refractivity contribution in [2.45, 2.75) is 53.4 Å². The summed E-state index contributed by atoms with van der Waals surface area (Å²) in [5.74, 6) is -1.70. The van der Waals surface area contributed by atoms with E-state index >= 15 is 0 Å². The lowest BCUT2D eigenvalue weighted by Gasteiger charge is -2.18. The van der Waals surface area contributed by atoms with Crippen molar-refractivity contribution in [1.82, 2.24) is 0 Å². The molecule has 0 amide bonds. The van der Waals surface area contributed by atoms with E-state index in [1.807, 2.05) is 6.92 Å². The van der Waals surface area contributed by atoms with Crippen LogP contribution in [-0.2, 0) is 6.42 Å². The minimum atomic E-state index is -0.573. The van der Waals surface area contributed by atoms with Crippen LogP contribution >= 0.6 is 0 Å². The number of allylic oxidation sites excluding steroid dienone is 5. The molecule has 0 spiro atoms. The molecule has 6 nitrogen and oxygen atoms in total. The van der Waals surface area contributed by atoms with Gasteiger partial charge in [-0.15, -0.1) is 0 Å². The van der Waals surface area contributed by atoms with E-state index in [0.29, 0.717) is 18.4 Å². The van der Waals surface area contributed by atoms with Gasteiger partial charge in [0, 0.05) is 11.6 Å². The first-order chi connectivity index (χ1) is 16.0. The number of rotatable bonds is 8. The highest BCUT2D eigenvalue weighted by Gasteiger charge is 2.23. The first kappa shape index (κ1) is 25.0. The number of hydrogen-bond acceptors (Lipinski definition) is 6. The molecule has 1 aromatic heterocycles. The van der Waals surface area contributed by atoms with E-state index in [9.17, 15) is 25.2 Å². The van der Waals surface area contributed by atoms with Crippen LogP contribution in [0.5, 0.6) is 23.0 Å². The minimum absolute atomic E-state index is 0.0149. The highest BCUT2D eigenvalue weighted by molar-refractivity contribution is 5.98. The average molecular weight is 465 g/mol. The summed E-state index contributed by atoms with van der Waals surface area (Å²) in [5, 5.41) is 41.1.